The second-order valence-electron chi connectivity index (χ2n) is 8.31. The maximum Gasteiger partial charge on any atom is 0.295 e. The minimum absolute atomic E-state index is 0.0183. The Balaban J connectivity index is 1.78. The summed E-state index contributed by atoms with van der Waals surface area (Å²) in [6.45, 7) is 4.54. The number of hydrogen-bond donors (Lipinski definition) is 1. The molecule has 9 heteroatoms. The molecule has 1 aliphatic rings. The summed E-state index contributed by atoms with van der Waals surface area (Å²) >= 11 is 0. The molecule has 3 aromatic rings. The maximum atomic E-state index is 13.1. The lowest BCUT2D eigenvalue weighted by molar-refractivity contribution is -0.384. The number of aliphatic hydroxyl groups is 1. The first-order valence-electron chi connectivity index (χ1n) is 10.8. The zero-order chi connectivity index (χ0) is 24.4. The average molecular weight is 460 g/mol. The van der Waals surface area contributed by atoms with Gasteiger partial charge >= 0.3 is 0 Å². The van der Waals surface area contributed by atoms with Gasteiger partial charge in [-0.2, -0.15) is 0 Å². The van der Waals surface area contributed by atoms with E-state index in [2.05, 4.69) is 4.98 Å². The van der Waals surface area contributed by atoms with E-state index in [9.17, 15) is 24.8 Å². The lowest BCUT2D eigenvalue weighted by Crippen LogP contribution is -2.31. The number of nitro groups is 1. The number of ketones is 1. The first-order valence-corrected chi connectivity index (χ1v) is 10.8. The molecule has 34 heavy (non-hydrogen) atoms. The van der Waals surface area contributed by atoms with Crippen molar-refractivity contribution in [1.29, 1.82) is 0 Å². The molecule has 4 rings (SSSR count). The fraction of sp³-hybridized carbons (Fsp3) is 0.240. The van der Waals surface area contributed by atoms with Crippen LogP contribution in [0.25, 0.3) is 5.76 Å². The third kappa shape index (κ3) is 4.32. The Morgan fingerprint density at radius 1 is 1.12 bits per heavy atom. The molecular formula is C25H24N4O5. The topological polar surface area (TPSA) is 119 Å². The maximum absolute atomic E-state index is 13.1. The molecule has 1 aliphatic heterocycles. The standard InChI is InChI=1S/C25H24N4O5/c1-16-4-5-17(2)20(14-16)23(30)21-22(18-6-8-19(9-7-18)29(33)34)28(25(32)24(21)31)12-3-11-27-13-10-26-15-27/h4-10,13-15,22,30H,3,11-12H2,1-2H3. The Labute approximate surface area is 196 Å². The van der Waals surface area contributed by atoms with Crippen molar-refractivity contribution in [3.05, 3.63) is 99.1 Å². The molecule has 1 aromatic heterocycles. The first kappa shape index (κ1) is 22.9. The number of benzene rings is 2. The third-order valence-electron chi connectivity index (χ3n) is 5.98. The highest BCUT2D eigenvalue weighted by atomic mass is 16.6. The van der Waals surface area contributed by atoms with E-state index in [-0.39, 0.29) is 23.6 Å². The van der Waals surface area contributed by atoms with Crippen LogP contribution >= 0.6 is 0 Å². The summed E-state index contributed by atoms with van der Waals surface area (Å²) in [4.78, 5) is 42.2. The lowest BCUT2D eigenvalue weighted by Gasteiger charge is -2.25. The lowest BCUT2D eigenvalue weighted by atomic mass is 9.93. The molecular weight excluding hydrogens is 436 g/mol. The number of carbonyl (C=O) groups excluding carboxylic acids is 2. The Bertz CT molecular complexity index is 1280. The number of aromatic nitrogens is 2. The molecule has 1 atom stereocenters. The second-order valence-corrected chi connectivity index (χ2v) is 8.31. The predicted molar refractivity (Wildman–Crippen MR) is 125 cm³/mol. The summed E-state index contributed by atoms with van der Waals surface area (Å²) in [6.07, 6.45) is 5.69. The Morgan fingerprint density at radius 2 is 1.85 bits per heavy atom. The van der Waals surface area contributed by atoms with Crippen molar-refractivity contribution in [3.63, 3.8) is 0 Å². The number of rotatable bonds is 7. The molecule has 0 bridgehead atoms. The van der Waals surface area contributed by atoms with Gasteiger partial charge in [0, 0.05) is 43.2 Å². The van der Waals surface area contributed by atoms with Crippen LogP contribution in [0.5, 0.6) is 0 Å². The third-order valence-corrected chi connectivity index (χ3v) is 5.98. The van der Waals surface area contributed by atoms with Gasteiger partial charge in [0.1, 0.15) is 5.76 Å². The van der Waals surface area contributed by atoms with Crippen LogP contribution < -0.4 is 0 Å². The van der Waals surface area contributed by atoms with E-state index in [4.69, 9.17) is 0 Å². The van der Waals surface area contributed by atoms with Gasteiger partial charge in [-0.05, 0) is 49.6 Å². The number of nitrogens with zero attached hydrogens (tertiary/aromatic N) is 4. The minimum Gasteiger partial charge on any atom is -0.507 e. The number of likely N-dealkylation sites (tertiary alicyclic amines) is 1. The van der Waals surface area contributed by atoms with Crippen molar-refractivity contribution < 1.29 is 19.6 Å². The van der Waals surface area contributed by atoms with Gasteiger partial charge in [0.25, 0.3) is 17.4 Å². The van der Waals surface area contributed by atoms with Gasteiger partial charge in [-0.15, -0.1) is 0 Å². The highest BCUT2D eigenvalue weighted by Crippen LogP contribution is 2.40. The summed E-state index contributed by atoms with van der Waals surface area (Å²) in [7, 11) is 0. The van der Waals surface area contributed by atoms with Crippen molar-refractivity contribution in [2.24, 2.45) is 0 Å². The quantitative estimate of drug-likeness (QED) is 0.188. The summed E-state index contributed by atoms with van der Waals surface area (Å²) in [5, 5.41) is 22.4. The largest absolute Gasteiger partial charge is 0.507 e. The summed E-state index contributed by atoms with van der Waals surface area (Å²) in [5.74, 6) is -1.73. The Kier molecular flexibility index (Phi) is 6.27. The molecule has 0 aliphatic carbocycles. The van der Waals surface area contributed by atoms with Crippen LogP contribution in [-0.2, 0) is 16.1 Å². The average Bonchev–Trinajstić information content (AvgIpc) is 3.42. The van der Waals surface area contributed by atoms with Crippen LogP contribution in [-0.4, -0.2) is 42.7 Å². The van der Waals surface area contributed by atoms with E-state index in [1.165, 1.54) is 29.2 Å². The molecule has 2 aromatic carbocycles. The number of hydrogen-bond acceptors (Lipinski definition) is 6. The number of non-ortho nitro benzene ring substituents is 1. The molecule has 0 radical (unpaired) electrons. The molecule has 0 spiro atoms. The van der Waals surface area contributed by atoms with Crippen LogP contribution in [0, 0.1) is 24.0 Å². The van der Waals surface area contributed by atoms with E-state index < -0.39 is 22.7 Å². The molecule has 1 saturated heterocycles. The van der Waals surface area contributed by atoms with Crippen molar-refractivity contribution in [3.8, 4) is 0 Å². The number of aliphatic hydroxyl groups excluding tert-OH is 1. The molecule has 1 fully saturated rings. The number of aryl methyl sites for hydroxylation is 3. The van der Waals surface area contributed by atoms with Crippen LogP contribution in [0.3, 0.4) is 0 Å². The van der Waals surface area contributed by atoms with Gasteiger partial charge < -0.3 is 14.6 Å². The fourth-order valence-corrected chi connectivity index (χ4v) is 4.21. The van der Waals surface area contributed by atoms with Gasteiger partial charge in [-0.3, -0.25) is 19.7 Å². The monoisotopic (exact) mass is 460 g/mol. The fourth-order valence-electron chi connectivity index (χ4n) is 4.21. The van der Waals surface area contributed by atoms with Crippen molar-refractivity contribution in [2.75, 3.05) is 6.54 Å². The van der Waals surface area contributed by atoms with E-state index in [1.807, 2.05) is 36.7 Å². The SMILES string of the molecule is Cc1ccc(C)c(C(O)=C2C(=O)C(=O)N(CCCn3ccnc3)C2c2ccc([N+](=O)[O-])cc2)c1. The van der Waals surface area contributed by atoms with Crippen molar-refractivity contribution in [1.82, 2.24) is 14.5 Å². The highest BCUT2D eigenvalue weighted by molar-refractivity contribution is 6.46. The van der Waals surface area contributed by atoms with E-state index >= 15 is 0 Å². The highest BCUT2D eigenvalue weighted by Gasteiger charge is 2.46. The number of nitro benzene ring substituents is 1. The first-order chi connectivity index (χ1) is 16.3. The number of Topliss-reactive ketones (excluding diaryl/α,β-unsaturated/α-hetero) is 1. The molecule has 9 nitrogen and oxygen atoms in total. The minimum atomic E-state index is -0.858. The molecule has 1 unspecified atom stereocenters. The summed E-state index contributed by atoms with van der Waals surface area (Å²) < 4.78 is 1.87. The molecule has 1 N–H and O–H groups in total. The predicted octanol–water partition coefficient (Wildman–Crippen LogP) is 3.92. The Morgan fingerprint density at radius 3 is 2.50 bits per heavy atom. The zero-order valence-corrected chi connectivity index (χ0v) is 18.8. The summed E-state index contributed by atoms with van der Waals surface area (Å²) in [6, 6.07) is 10.4. The van der Waals surface area contributed by atoms with Gasteiger partial charge in [-0.25, -0.2) is 4.98 Å². The Hall–Kier alpha value is -4.27. The van der Waals surface area contributed by atoms with Crippen LogP contribution in [0.1, 0.15) is 34.7 Å². The van der Waals surface area contributed by atoms with Gasteiger partial charge in [0.05, 0.1) is 22.9 Å². The van der Waals surface area contributed by atoms with Crippen LogP contribution in [0.15, 0.2) is 66.8 Å². The molecule has 0 saturated carbocycles. The summed E-state index contributed by atoms with van der Waals surface area (Å²) in [5.41, 5.74) is 2.53. The second kappa shape index (κ2) is 9.30. The zero-order valence-electron chi connectivity index (χ0n) is 18.8. The number of carbonyl (C=O) groups is 2. The smallest absolute Gasteiger partial charge is 0.295 e. The normalized spacial score (nSPS) is 17.4. The van der Waals surface area contributed by atoms with Crippen LogP contribution in [0.2, 0.25) is 0 Å². The molecule has 2 heterocycles. The number of imidazole rings is 1. The van der Waals surface area contributed by atoms with Crippen molar-refractivity contribution >= 4 is 23.1 Å². The molecule has 1 amide bonds. The van der Waals surface area contributed by atoms with E-state index in [0.29, 0.717) is 24.1 Å². The van der Waals surface area contributed by atoms with Gasteiger partial charge in [0.15, 0.2) is 0 Å². The number of amides is 1. The van der Waals surface area contributed by atoms with Crippen LogP contribution in [0.4, 0.5) is 5.69 Å². The van der Waals surface area contributed by atoms with E-state index in [1.54, 1.807) is 18.6 Å². The molecule has 174 valence electrons. The van der Waals surface area contributed by atoms with E-state index in [0.717, 1.165) is 11.1 Å². The van der Waals surface area contributed by atoms with Crippen molar-refractivity contribution in [2.45, 2.75) is 32.9 Å². The van der Waals surface area contributed by atoms with Gasteiger partial charge in [0.2, 0.25) is 0 Å². The van der Waals surface area contributed by atoms with Gasteiger partial charge in [-0.1, -0.05) is 17.7 Å².